The highest BCUT2D eigenvalue weighted by Crippen LogP contribution is 2.22. The lowest BCUT2D eigenvalue weighted by Crippen LogP contribution is -2.35. The number of nitrogens with zero attached hydrogens (tertiary/aromatic N) is 4. The number of ether oxygens (including phenoxy) is 1. The molecule has 168 valence electrons. The number of carbonyl (C=O) groups excluding carboxylic acids is 2. The Morgan fingerprint density at radius 1 is 1.12 bits per heavy atom. The van der Waals surface area contributed by atoms with Crippen molar-refractivity contribution in [3.8, 4) is 5.75 Å². The molecule has 0 bridgehead atoms. The first-order chi connectivity index (χ1) is 15.9. The maximum atomic E-state index is 12.8. The molecule has 0 aliphatic carbocycles. The van der Waals surface area contributed by atoms with Crippen molar-refractivity contribution in [1.29, 1.82) is 0 Å². The van der Waals surface area contributed by atoms with Gasteiger partial charge in [0.2, 0.25) is 5.95 Å². The van der Waals surface area contributed by atoms with E-state index in [9.17, 15) is 13.8 Å². The van der Waals surface area contributed by atoms with Crippen molar-refractivity contribution in [3.63, 3.8) is 0 Å². The molecule has 1 aliphatic heterocycles. The first-order valence-electron chi connectivity index (χ1n) is 9.79. The summed E-state index contributed by atoms with van der Waals surface area (Å²) in [5, 5.41) is 5.46. The third-order valence-corrected chi connectivity index (χ3v) is 6.08. The van der Waals surface area contributed by atoms with Crippen LogP contribution in [0.2, 0.25) is 5.02 Å². The Morgan fingerprint density at radius 3 is 2.45 bits per heavy atom. The Hall–Kier alpha value is -3.63. The van der Waals surface area contributed by atoms with E-state index in [0.717, 1.165) is 5.01 Å². The van der Waals surface area contributed by atoms with Crippen LogP contribution in [-0.2, 0) is 15.8 Å². The van der Waals surface area contributed by atoms with Crippen molar-refractivity contribution >= 4 is 46.1 Å². The Bertz CT molecular complexity index is 1220. The molecule has 2 amide bonds. The van der Waals surface area contributed by atoms with Crippen LogP contribution in [0, 0.1) is 5.92 Å². The molecule has 11 heteroatoms. The molecule has 3 aromatic rings. The number of halogens is 1. The molecular formula is C22H18ClN5O4S. The summed E-state index contributed by atoms with van der Waals surface area (Å²) in [6.07, 6.45) is 3.09. The lowest BCUT2D eigenvalue weighted by atomic mass is 10.1. The van der Waals surface area contributed by atoms with Gasteiger partial charge >= 0.3 is 0 Å². The predicted molar refractivity (Wildman–Crippen MR) is 123 cm³/mol. The van der Waals surface area contributed by atoms with Gasteiger partial charge in [-0.15, -0.1) is 0 Å². The maximum absolute atomic E-state index is 12.8. The summed E-state index contributed by atoms with van der Waals surface area (Å²) in [6.45, 7) is 1.68. The summed E-state index contributed by atoms with van der Waals surface area (Å²) in [6, 6.07) is 14.4. The maximum Gasteiger partial charge on any atom is 0.281 e. The predicted octanol–water partition coefficient (Wildman–Crippen LogP) is 3.32. The molecule has 1 N–H and O–H groups in total. The molecule has 1 aromatic heterocycles. The summed E-state index contributed by atoms with van der Waals surface area (Å²) < 4.78 is 20.8. The average Bonchev–Trinajstić information content (AvgIpc) is 3.11. The summed E-state index contributed by atoms with van der Waals surface area (Å²) >= 11 is 5.85. The van der Waals surface area contributed by atoms with Crippen molar-refractivity contribution < 1.29 is 18.5 Å². The molecule has 9 nitrogen and oxygen atoms in total. The van der Waals surface area contributed by atoms with Gasteiger partial charge in [0, 0.05) is 23.0 Å². The van der Waals surface area contributed by atoms with E-state index in [4.69, 9.17) is 16.3 Å². The topological polar surface area (TPSA) is 114 Å². The van der Waals surface area contributed by atoms with Crippen LogP contribution in [0.15, 0.2) is 77.0 Å². The van der Waals surface area contributed by atoms with Crippen LogP contribution in [-0.4, -0.2) is 43.3 Å². The van der Waals surface area contributed by atoms with Gasteiger partial charge in [-0.1, -0.05) is 11.6 Å². The summed E-state index contributed by atoms with van der Waals surface area (Å²) in [5.74, 6) is -0.942. The Kier molecular flexibility index (Phi) is 6.76. The molecule has 0 radical (unpaired) electrons. The number of anilines is 1. The monoisotopic (exact) mass is 483 g/mol. The number of hydrazone groups is 1. The van der Waals surface area contributed by atoms with Crippen LogP contribution in [0.1, 0.15) is 17.3 Å². The number of nitrogens with one attached hydrogen (secondary N) is 1. The molecule has 0 saturated heterocycles. The minimum atomic E-state index is -1.55. The molecule has 2 heterocycles. The highest BCUT2D eigenvalue weighted by Gasteiger charge is 2.38. The normalized spacial score (nSPS) is 16.3. The highest BCUT2D eigenvalue weighted by molar-refractivity contribution is 7.86. The number of amides is 2. The lowest BCUT2D eigenvalue weighted by molar-refractivity contribution is -0.129. The SMILES string of the molecule is CC1=NN(C(=O)c2ccc(Cl)cc2)C(=O)C1COc1ccc(S(=O)Nc2ncccn2)cc1. The summed E-state index contributed by atoms with van der Waals surface area (Å²) in [7, 11) is -1.55. The van der Waals surface area contributed by atoms with E-state index in [1.807, 2.05) is 0 Å². The number of hydrogen-bond donors (Lipinski definition) is 1. The van der Waals surface area contributed by atoms with Crippen LogP contribution in [0.5, 0.6) is 5.75 Å². The zero-order valence-electron chi connectivity index (χ0n) is 17.3. The van der Waals surface area contributed by atoms with Crippen molar-refractivity contribution in [2.75, 3.05) is 11.3 Å². The molecule has 0 spiro atoms. The van der Waals surface area contributed by atoms with Crippen molar-refractivity contribution in [2.24, 2.45) is 11.0 Å². The van der Waals surface area contributed by atoms with E-state index in [1.165, 1.54) is 12.1 Å². The molecule has 2 aromatic carbocycles. The Balaban J connectivity index is 1.35. The Morgan fingerprint density at radius 2 is 1.79 bits per heavy atom. The van der Waals surface area contributed by atoms with E-state index in [2.05, 4.69) is 19.8 Å². The van der Waals surface area contributed by atoms with Crippen LogP contribution < -0.4 is 9.46 Å². The van der Waals surface area contributed by atoms with E-state index < -0.39 is 28.7 Å². The van der Waals surface area contributed by atoms with Gasteiger partial charge in [0.15, 0.2) is 11.0 Å². The van der Waals surface area contributed by atoms with Crippen molar-refractivity contribution in [1.82, 2.24) is 15.0 Å². The number of benzene rings is 2. The third kappa shape index (κ3) is 5.24. The number of rotatable bonds is 7. The van der Waals surface area contributed by atoms with Gasteiger partial charge in [-0.3, -0.25) is 14.3 Å². The fourth-order valence-corrected chi connectivity index (χ4v) is 3.89. The minimum Gasteiger partial charge on any atom is -0.492 e. The van der Waals surface area contributed by atoms with E-state index >= 15 is 0 Å². The molecule has 4 rings (SSSR count). The van der Waals surface area contributed by atoms with Gasteiger partial charge in [-0.25, -0.2) is 14.2 Å². The fourth-order valence-electron chi connectivity index (χ4n) is 2.99. The summed E-state index contributed by atoms with van der Waals surface area (Å²) in [5.41, 5.74) is 0.788. The van der Waals surface area contributed by atoms with Crippen molar-refractivity contribution in [3.05, 3.63) is 77.6 Å². The van der Waals surface area contributed by atoms with E-state index in [0.29, 0.717) is 26.9 Å². The molecule has 0 fully saturated rings. The quantitative estimate of drug-likeness (QED) is 0.516. The Labute approximate surface area is 197 Å². The second-order valence-electron chi connectivity index (χ2n) is 6.98. The summed E-state index contributed by atoms with van der Waals surface area (Å²) in [4.78, 5) is 33.8. The molecule has 33 heavy (non-hydrogen) atoms. The average molecular weight is 484 g/mol. The van der Waals surface area contributed by atoms with Gasteiger partial charge in [0.1, 0.15) is 18.3 Å². The highest BCUT2D eigenvalue weighted by atomic mass is 35.5. The van der Waals surface area contributed by atoms with Crippen LogP contribution >= 0.6 is 11.6 Å². The molecule has 2 unspecified atom stereocenters. The standard InChI is InChI=1S/C22H18ClN5O4S/c1-14-19(21(30)28(26-14)20(29)15-3-5-16(23)6-4-15)13-32-17-7-9-18(10-8-17)33(31)27-22-24-11-2-12-25-22/h2-12,19H,13H2,1H3,(H,24,25,27). The van der Waals surface area contributed by atoms with E-state index in [1.54, 1.807) is 61.8 Å². The smallest absolute Gasteiger partial charge is 0.281 e. The zero-order valence-corrected chi connectivity index (χ0v) is 18.9. The number of aromatic nitrogens is 2. The van der Waals surface area contributed by atoms with E-state index in [-0.39, 0.29) is 12.6 Å². The van der Waals surface area contributed by atoms with Crippen LogP contribution in [0.25, 0.3) is 0 Å². The zero-order chi connectivity index (χ0) is 23.4. The number of hydrogen-bond acceptors (Lipinski definition) is 7. The third-order valence-electron chi connectivity index (χ3n) is 4.76. The molecular weight excluding hydrogens is 466 g/mol. The minimum absolute atomic E-state index is 0.0110. The van der Waals surface area contributed by atoms with Gasteiger partial charge in [-0.2, -0.15) is 10.1 Å². The molecule has 1 aliphatic rings. The second-order valence-corrected chi connectivity index (χ2v) is 8.63. The number of carbonyl (C=O) groups is 2. The fraction of sp³-hybridized carbons (Fsp3) is 0.136. The van der Waals surface area contributed by atoms with Gasteiger partial charge < -0.3 is 4.74 Å². The van der Waals surface area contributed by atoms with Gasteiger partial charge in [0.05, 0.1) is 10.6 Å². The largest absolute Gasteiger partial charge is 0.492 e. The van der Waals surface area contributed by atoms with Gasteiger partial charge in [0.25, 0.3) is 11.8 Å². The second kappa shape index (κ2) is 9.88. The molecule has 2 atom stereocenters. The van der Waals surface area contributed by atoms with Gasteiger partial charge in [-0.05, 0) is 61.5 Å². The van der Waals surface area contributed by atoms with Crippen LogP contribution in [0.4, 0.5) is 5.95 Å². The number of imide groups is 1. The first kappa shape index (κ1) is 22.6. The lowest BCUT2D eigenvalue weighted by Gasteiger charge is -2.14. The van der Waals surface area contributed by atoms with Crippen LogP contribution in [0.3, 0.4) is 0 Å². The van der Waals surface area contributed by atoms with Crippen molar-refractivity contribution in [2.45, 2.75) is 11.8 Å². The first-order valence-corrected chi connectivity index (χ1v) is 11.3. The molecule has 0 saturated carbocycles.